The van der Waals surface area contributed by atoms with E-state index in [4.69, 9.17) is 0 Å². The molecule has 2 rings (SSSR count). The molecule has 2 atom stereocenters. The van der Waals surface area contributed by atoms with Crippen LogP contribution in [-0.4, -0.2) is 48.4 Å². The highest BCUT2D eigenvalue weighted by Crippen LogP contribution is 2.08. The molecule has 0 aromatic heterocycles. The van der Waals surface area contributed by atoms with E-state index < -0.39 is 12.1 Å². The first kappa shape index (κ1) is 21.3. The van der Waals surface area contributed by atoms with Crippen molar-refractivity contribution in [3.63, 3.8) is 0 Å². The molecule has 0 saturated carbocycles. The first-order chi connectivity index (χ1) is 13.1. The molecule has 1 aliphatic rings. The molecule has 3 amide bonds. The molecular weight excluding hydrogens is 362 g/mol. The topological polar surface area (TPSA) is 87.3 Å². The maximum Gasteiger partial charge on any atom is 0.243 e. The average Bonchev–Trinajstić information content (AvgIpc) is 2.67. The zero-order chi connectivity index (χ0) is 19.5. The molecule has 1 fully saturated rings. The highest BCUT2D eigenvalue weighted by atomic mass is 32.2. The highest BCUT2D eigenvalue weighted by molar-refractivity contribution is 7.98. The van der Waals surface area contributed by atoms with Gasteiger partial charge in [-0.1, -0.05) is 36.8 Å². The number of hydrogen-bond donors (Lipinski definition) is 3. The van der Waals surface area contributed by atoms with E-state index in [9.17, 15) is 14.4 Å². The molecule has 1 aliphatic heterocycles. The normalized spacial score (nSPS) is 22.5. The Balaban J connectivity index is 2.15. The summed E-state index contributed by atoms with van der Waals surface area (Å²) in [5.41, 5.74) is 0.965. The van der Waals surface area contributed by atoms with E-state index in [2.05, 4.69) is 16.0 Å². The van der Waals surface area contributed by atoms with Crippen LogP contribution in [0.4, 0.5) is 0 Å². The summed E-state index contributed by atoms with van der Waals surface area (Å²) in [6.45, 7) is 0.569. The SMILES string of the molecule is CSCCC1NC(=O)C(Cc2ccccc2)NC(=O)CCCCCNC1=O. The Morgan fingerprint density at radius 1 is 0.963 bits per heavy atom. The van der Waals surface area contributed by atoms with Gasteiger partial charge in [-0.2, -0.15) is 11.8 Å². The van der Waals surface area contributed by atoms with Crippen LogP contribution >= 0.6 is 11.8 Å². The second kappa shape index (κ2) is 11.6. The van der Waals surface area contributed by atoms with Crippen molar-refractivity contribution in [2.24, 2.45) is 0 Å². The van der Waals surface area contributed by atoms with Gasteiger partial charge in [0.15, 0.2) is 0 Å². The zero-order valence-corrected chi connectivity index (χ0v) is 16.6. The van der Waals surface area contributed by atoms with E-state index >= 15 is 0 Å². The third-order valence-electron chi connectivity index (χ3n) is 4.56. The maximum atomic E-state index is 12.9. The largest absolute Gasteiger partial charge is 0.354 e. The van der Waals surface area contributed by atoms with Gasteiger partial charge in [0.2, 0.25) is 17.7 Å². The van der Waals surface area contributed by atoms with Crippen LogP contribution in [0.5, 0.6) is 0 Å². The van der Waals surface area contributed by atoms with Gasteiger partial charge in [0.1, 0.15) is 12.1 Å². The van der Waals surface area contributed by atoms with Gasteiger partial charge < -0.3 is 16.0 Å². The lowest BCUT2D eigenvalue weighted by Crippen LogP contribution is -2.54. The van der Waals surface area contributed by atoms with Crippen LogP contribution in [0.3, 0.4) is 0 Å². The molecular formula is C20H29N3O3S. The Hall–Kier alpha value is -2.02. The molecule has 148 valence electrons. The Morgan fingerprint density at radius 2 is 1.74 bits per heavy atom. The molecule has 1 heterocycles. The molecule has 1 saturated heterocycles. The molecule has 1 aromatic carbocycles. The Labute approximate surface area is 165 Å². The molecule has 0 radical (unpaired) electrons. The van der Waals surface area contributed by atoms with Gasteiger partial charge in [-0.05, 0) is 36.8 Å². The Bertz CT molecular complexity index is 624. The minimum absolute atomic E-state index is 0.120. The van der Waals surface area contributed by atoms with Crippen molar-refractivity contribution >= 4 is 29.5 Å². The van der Waals surface area contributed by atoms with E-state index in [1.807, 2.05) is 36.6 Å². The minimum Gasteiger partial charge on any atom is -0.354 e. The number of amides is 3. The van der Waals surface area contributed by atoms with Gasteiger partial charge in [-0.15, -0.1) is 0 Å². The summed E-state index contributed by atoms with van der Waals surface area (Å²) in [5.74, 6) is 0.188. The summed E-state index contributed by atoms with van der Waals surface area (Å²) < 4.78 is 0. The summed E-state index contributed by atoms with van der Waals surface area (Å²) >= 11 is 1.63. The van der Waals surface area contributed by atoms with Gasteiger partial charge in [0, 0.05) is 19.4 Å². The standard InChI is InChI=1S/C20H29N3O3S/c1-27-13-11-16-19(25)21-12-7-3-6-10-18(24)22-17(20(26)23-16)14-15-8-4-2-5-9-15/h2,4-5,8-9,16-17H,3,6-7,10-14H2,1H3,(H,21,25)(H,22,24)(H,23,26). The third kappa shape index (κ3) is 7.62. The Kier molecular flexibility index (Phi) is 9.18. The zero-order valence-electron chi connectivity index (χ0n) is 15.8. The van der Waals surface area contributed by atoms with Crippen LogP contribution < -0.4 is 16.0 Å². The highest BCUT2D eigenvalue weighted by Gasteiger charge is 2.27. The van der Waals surface area contributed by atoms with Gasteiger partial charge in [0.05, 0.1) is 0 Å². The van der Waals surface area contributed by atoms with Crippen molar-refractivity contribution in [2.45, 2.75) is 50.6 Å². The van der Waals surface area contributed by atoms with Gasteiger partial charge in [0.25, 0.3) is 0 Å². The number of rotatable bonds is 5. The summed E-state index contributed by atoms with van der Waals surface area (Å²) in [7, 11) is 0. The first-order valence-corrected chi connectivity index (χ1v) is 10.9. The van der Waals surface area contributed by atoms with E-state index in [1.54, 1.807) is 11.8 Å². The van der Waals surface area contributed by atoms with Crippen molar-refractivity contribution in [2.75, 3.05) is 18.6 Å². The molecule has 1 aromatic rings. The smallest absolute Gasteiger partial charge is 0.243 e. The molecule has 0 bridgehead atoms. The average molecular weight is 392 g/mol. The van der Waals surface area contributed by atoms with E-state index in [-0.39, 0.29) is 17.7 Å². The molecule has 27 heavy (non-hydrogen) atoms. The predicted molar refractivity (Wildman–Crippen MR) is 108 cm³/mol. The summed E-state index contributed by atoms with van der Waals surface area (Å²) in [5, 5.41) is 8.62. The first-order valence-electron chi connectivity index (χ1n) is 9.50. The summed E-state index contributed by atoms with van der Waals surface area (Å²) in [4.78, 5) is 37.6. The molecule has 0 spiro atoms. The van der Waals surface area contributed by atoms with E-state index in [0.717, 1.165) is 30.6 Å². The fourth-order valence-electron chi connectivity index (χ4n) is 3.02. The predicted octanol–water partition coefficient (Wildman–Crippen LogP) is 1.64. The second-order valence-electron chi connectivity index (χ2n) is 6.75. The molecule has 0 aliphatic carbocycles. The van der Waals surface area contributed by atoms with Gasteiger partial charge in [-0.25, -0.2) is 0 Å². The molecule has 2 unspecified atom stereocenters. The number of nitrogens with one attached hydrogen (secondary N) is 3. The number of hydrogen-bond acceptors (Lipinski definition) is 4. The van der Waals surface area contributed by atoms with Crippen molar-refractivity contribution in [1.82, 2.24) is 16.0 Å². The number of carbonyl (C=O) groups excluding carboxylic acids is 3. The lowest BCUT2D eigenvalue weighted by Gasteiger charge is -2.23. The van der Waals surface area contributed by atoms with Crippen LogP contribution in [0.15, 0.2) is 30.3 Å². The van der Waals surface area contributed by atoms with Crippen LogP contribution in [-0.2, 0) is 20.8 Å². The molecule has 3 N–H and O–H groups in total. The minimum atomic E-state index is -0.690. The lowest BCUT2D eigenvalue weighted by atomic mass is 10.0. The summed E-state index contributed by atoms with van der Waals surface area (Å²) in [6.07, 6.45) is 5.76. The quantitative estimate of drug-likeness (QED) is 0.712. The van der Waals surface area contributed by atoms with Crippen LogP contribution in [0, 0.1) is 0 Å². The Morgan fingerprint density at radius 3 is 2.48 bits per heavy atom. The van der Waals surface area contributed by atoms with Crippen molar-refractivity contribution in [3.8, 4) is 0 Å². The van der Waals surface area contributed by atoms with Crippen LogP contribution in [0.1, 0.15) is 37.7 Å². The fourth-order valence-corrected chi connectivity index (χ4v) is 3.50. The number of benzene rings is 1. The van der Waals surface area contributed by atoms with Crippen LogP contribution in [0.25, 0.3) is 0 Å². The van der Waals surface area contributed by atoms with Crippen molar-refractivity contribution < 1.29 is 14.4 Å². The number of carbonyl (C=O) groups is 3. The van der Waals surface area contributed by atoms with Crippen molar-refractivity contribution in [1.29, 1.82) is 0 Å². The van der Waals surface area contributed by atoms with E-state index in [0.29, 0.717) is 25.8 Å². The third-order valence-corrected chi connectivity index (χ3v) is 5.20. The number of thioether (sulfide) groups is 1. The van der Waals surface area contributed by atoms with Crippen molar-refractivity contribution in [3.05, 3.63) is 35.9 Å². The second-order valence-corrected chi connectivity index (χ2v) is 7.74. The fraction of sp³-hybridized carbons (Fsp3) is 0.550. The maximum absolute atomic E-state index is 12.9. The summed E-state index contributed by atoms with van der Waals surface area (Å²) in [6, 6.07) is 8.31. The van der Waals surface area contributed by atoms with Gasteiger partial charge >= 0.3 is 0 Å². The van der Waals surface area contributed by atoms with Gasteiger partial charge in [-0.3, -0.25) is 14.4 Å². The van der Waals surface area contributed by atoms with Crippen LogP contribution in [0.2, 0.25) is 0 Å². The molecule has 6 nitrogen and oxygen atoms in total. The monoisotopic (exact) mass is 391 g/mol. The molecule has 7 heteroatoms. The van der Waals surface area contributed by atoms with E-state index in [1.165, 1.54) is 0 Å². The lowest BCUT2D eigenvalue weighted by molar-refractivity contribution is -0.132.